The molecule has 6 heteroatoms. The number of hydrogen-bond donors (Lipinski definition) is 2. The molecule has 0 amide bonds. The van der Waals surface area contributed by atoms with Crippen LogP contribution >= 0.6 is 0 Å². The fourth-order valence-corrected chi connectivity index (χ4v) is 1.66. The molecule has 0 saturated heterocycles. The number of methoxy groups -OCH3 is 1. The highest BCUT2D eigenvalue weighted by atomic mass is 19.1. The van der Waals surface area contributed by atoms with E-state index in [1.54, 1.807) is 6.07 Å². The normalized spacial score (nSPS) is 10.1. The summed E-state index contributed by atoms with van der Waals surface area (Å²) in [5.41, 5.74) is 1.21. The van der Waals surface area contributed by atoms with Crippen LogP contribution in [-0.4, -0.2) is 23.2 Å². The first-order valence-corrected chi connectivity index (χ1v) is 5.86. The number of pyridine rings is 1. The van der Waals surface area contributed by atoms with Crippen molar-refractivity contribution in [3.8, 4) is 5.75 Å². The minimum absolute atomic E-state index is 0.0646. The average Bonchev–Trinajstić information content (AvgIpc) is 2.46. The van der Waals surface area contributed by atoms with Crippen molar-refractivity contribution in [2.24, 2.45) is 0 Å². The summed E-state index contributed by atoms with van der Waals surface area (Å²) in [5.74, 6) is -0.945. The van der Waals surface area contributed by atoms with Crippen LogP contribution in [0.15, 0.2) is 36.5 Å². The van der Waals surface area contributed by atoms with Crippen molar-refractivity contribution < 1.29 is 19.0 Å². The first kappa shape index (κ1) is 13.8. The Labute approximate surface area is 115 Å². The van der Waals surface area contributed by atoms with Gasteiger partial charge in [-0.3, -0.25) is 4.98 Å². The van der Waals surface area contributed by atoms with E-state index in [9.17, 15) is 9.18 Å². The Balaban J connectivity index is 2.17. The third-order valence-corrected chi connectivity index (χ3v) is 2.66. The van der Waals surface area contributed by atoms with Crippen molar-refractivity contribution in [3.05, 3.63) is 53.6 Å². The van der Waals surface area contributed by atoms with E-state index in [2.05, 4.69) is 15.0 Å². The number of aromatic nitrogens is 1. The molecule has 0 aliphatic carbocycles. The zero-order valence-corrected chi connectivity index (χ0v) is 10.8. The molecule has 5 nitrogen and oxygen atoms in total. The van der Waals surface area contributed by atoms with Gasteiger partial charge in [0.1, 0.15) is 11.6 Å². The summed E-state index contributed by atoms with van der Waals surface area (Å²) in [6.45, 7) is 0.285. The molecule has 1 aromatic carbocycles. The van der Waals surface area contributed by atoms with Crippen LogP contribution in [0, 0.1) is 5.82 Å². The maximum Gasteiger partial charge on any atom is 0.339 e. The summed E-state index contributed by atoms with van der Waals surface area (Å²) in [6.07, 6.45) is 1.31. The van der Waals surface area contributed by atoms with Gasteiger partial charge in [-0.25, -0.2) is 9.18 Å². The van der Waals surface area contributed by atoms with Gasteiger partial charge in [-0.05, 0) is 30.3 Å². The van der Waals surface area contributed by atoms with E-state index in [4.69, 9.17) is 5.11 Å². The fourth-order valence-electron chi connectivity index (χ4n) is 1.66. The lowest BCUT2D eigenvalue weighted by Crippen LogP contribution is -2.09. The molecule has 2 rings (SSSR count). The molecule has 0 saturated carbocycles. The van der Waals surface area contributed by atoms with Crippen LogP contribution in [0.3, 0.4) is 0 Å². The number of ether oxygens (including phenoxy) is 1. The number of aromatic hydroxyl groups is 1. The zero-order chi connectivity index (χ0) is 14.5. The molecular weight excluding hydrogens is 263 g/mol. The molecule has 104 valence electrons. The number of nitrogens with zero attached hydrogens (tertiary/aromatic N) is 1. The van der Waals surface area contributed by atoms with Crippen molar-refractivity contribution in [1.82, 2.24) is 4.98 Å². The predicted molar refractivity (Wildman–Crippen MR) is 71.0 cm³/mol. The fraction of sp³-hybridized carbons (Fsp3) is 0.143. The quantitative estimate of drug-likeness (QED) is 0.839. The topological polar surface area (TPSA) is 71.5 Å². The highest BCUT2D eigenvalue weighted by molar-refractivity contribution is 5.95. The standard InChI is InChI=1S/C14H13FN2O3/c1-20-14(19)12-5-2-9(15)6-13(12)17-7-10-3-4-11(18)8-16-10/h2-6,8,17-18H,7H2,1H3. The molecule has 0 spiro atoms. The molecule has 1 aromatic heterocycles. The van der Waals surface area contributed by atoms with Gasteiger partial charge in [0.05, 0.1) is 36.8 Å². The molecule has 2 N–H and O–H groups in total. The summed E-state index contributed by atoms with van der Waals surface area (Å²) in [4.78, 5) is 15.6. The smallest absolute Gasteiger partial charge is 0.339 e. The second kappa shape index (κ2) is 6.01. The molecule has 20 heavy (non-hydrogen) atoms. The lowest BCUT2D eigenvalue weighted by atomic mass is 10.1. The van der Waals surface area contributed by atoms with Crippen LogP contribution in [-0.2, 0) is 11.3 Å². The third-order valence-electron chi connectivity index (χ3n) is 2.66. The van der Waals surface area contributed by atoms with Crippen molar-refractivity contribution in [2.45, 2.75) is 6.54 Å². The highest BCUT2D eigenvalue weighted by Gasteiger charge is 2.12. The summed E-state index contributed by atoms with van der Waals surface area (Å²) >= 11 is 0. The number of anilines is 1. The number of carbonyl (C=O) groups is 1. The van der Waals surface area contributed by atoms with E-state index in [0.717, 1.165) is 0 Å². The van der Waals surface area contributed by atoms with E-state index in [-0.39, 0.29) is 17.9 Å². The summed E-state index contributed by atoms with van der Waals surface area (Å²) in [7, 11) is 1.26. The maximum atomic E-state index is 13.3. The maximum absolute atomic E-state index is 13.3. The van der Waals surface area contributed by atoms with E-state index in [0.29, 0.717) is 11.4 Å². The Kier molecular flexibility index (Phi) is 4.14. The van der Waals surface area contributed by atoms with E-state index in [1.165, 1.54) is 37.6 Å². The van der Waals surface area contributed by atoms with Gasteiger partial charge in [0, 0.05) is 0 Å². The summed E-state index contributed by atoms with van der Waals surface area (Å²) in [5, 5.41) is 12.1. The Hall–Kier alpha value is -2.63. The molecular formula is C14H13FN2O3. The van der Waals surface area contributed by atoms with Crippen LogP contribution < -0.4 is 5.32 Å². The van der Waals surface area contributed by atoms with Crippen molar-refractivity contribution in [3.63, 3.8) is 0 Å². The minimum Gasteiger partial charge on any atom is -0.506 e. The van der Waals surface area contributed by atoms with Crippen molar-refractivity contribution in [2.75, 3.05) is 12.4 Å². The Morgan fingerprint density at radius 1 is 1.40 bits per heavy atom. The molecule has 2 aromatic rings. The molecule has 0 bridgehead atoms. The van der Waals surface area contributed by atoms with Crippen LogP contribution in [0.25, 0.3) is 0 Å². The van der Waals surface area contributed by atoms with Crippen LogP contribution in [0.4, 0.5) is 10.1 Å². The van der Waals surface area contributed by atoms with E-state index >= 15 is 0 Å². The second-order valence-electron chi connectivity index (χ2n) is 4.04. The SMILES string of the molecule is COC(=O)c1ccc(F)cc1NCc1ccc(O)cn1. The molecule has 0 aliphatic rings. The van der Waals surface area contributed by atoms with Crippen LogP contribution in [0.2, 0.25) is 0 Å². The van der Waals surface area contributed by atoms with E-state index in [1.807, 2.05) is 0 Å². The Morgan fingerprint density at radius 3 is 2.85 bits per heavy atom. The van der Waals surface area contributed by atoms with Crippen LogP contribution in [0.1, 0.15) is 16.1 Å². The number of esters is 1. The van der Waals surface area contributed by atoms with Gasteiger partial charge in [-0.1, -0.05) is 0 Å². The van der Waals surface area contributed by atoms with Gasteiger partial charge in [0.15, 0.2) is 0 Å². The summed E-state index contributed by atoms with van der Waals surface area (Å²) in [6, 6.07) is 6.88. The van der Waals surface area contributed by atoms with Gasteiger partial charge in [-0.2, -0.15) is 0 Å². The predicted octanol–water partition coefficient (Wildman–Crippen LogP) is 2.33. The minimum atomic E-state index is -0.550. The van der Waals surface area contributed by atoms with Gasteiger partial charge in [0.2, 0.25) is 0 Å². The van der Waals surface area contributed by atoms with Gasteiger partial charge in [-0.15, -0.1) is 0 Å². The molecule has 0 fully saturated rings. The van der Waals surface area contributed by atoms with Gasteiger partial charge in [0.25, 0.3) is 0 Å². The van der Waals surface area contributed by atoms with Crippen molar-refractivity contribution >= 4 is 11.7 Å². The number of halogens is 1. The number of hydrogen-bond acceptors (Lipinski definition) is 5. The lowest BCUT2D eigenvalue weighted by molar-refractivity contribution is 0.0601. The number of nitrogens with one attached hydrogen (secondary N) is 1. The van der Waals surface area contributed by atoms with E-state index < -0.39 is 11.8 Å². The highest BCUT2D eigenvalue weighted by Crippen LogP contribution is 2.19. The average molecular weight is 276 g/mol. The molecule has 0 aliphatic heterocycles. The lowest BCUT2D eigenvalue weighted by Gasteiger charge is -2.10. The third kappa shape index (κ3) is 3.23. The first-order chi connectivity index (χ1) is 9.60. The Morgan fingerprint density at radius 2 is 2.20 bits per heavy atom. The second-order valence-corrected chi connectivity index (χ2v) is 4.04. The van der Waals surface area contributed by atoms with Gasteiger partial charge < -0.3 is 15.2 Å². The number of rotatable bonds is 4. The largest absolute Gasteiger partial charge is 0.506 e. The Bertz CT molecular complexity index is 614. The molecule has 1 heterocycles. The zero-order valence-electron chi connectivity index (χ0n) is 10.8. The monoisotopic (exact) mass is 276 g/mol. The molecule has 0 atom stereocenters. The number of benzene rings is 1. The summed E-state index contributed by atoms with van der Waals surface area (Å²) < 4.78 is 17.9. The van der Waals surface area contributed by atoms with Crippen LogP contribution in [0.5, 0.6) is 5.75 Å². The van der Waals surface area contributed by atoms with Crippen molar-refractivity contribution in [1.29, 1.82) is 0 Å². The first-order valence-electron chi connectivity index (χ1n) is 5.86. The molecule has 0 unspecified atom stereocenters. The molecule has 0 radical (unpaired) electrons. The van der Waals surface area contributed by atoms with Gasteiger partial charge >= 0.3 is 5.97 Å². The number of carbonyl (C=O) groups excluding carboxylic acids is 1.